The number of aromatic hydroxyl groups is 1. The van der Waals surface area contributed by atoms with Crippen LogP contribution in [0.25, 0.3) is 0 Å². The molecule has 2 heterocycles. The molecule has 0 spiro atoms. The Labute approximate surface area is 172 Å². The zero-order valence-corrected chi connectivity index (χ0v) is 17.0. The molecule has 1 aromatic carbocycles. The van der Waals surface area contributed by atoms with Crippen molar-refractivity contribution in [2.45, 2.75) is 19.4 Å². The molecule has 1 amide bonds. The van der Waals surface area contributed by atoms with Gasteiger partial charge in [-0.2, -0.15) is 0 Å². The molecule has 1 fully saturated rings. The number of anilines is 1. The van der Waals surface area contributed by atoms with Crippen molar-refractivity contribution in [2.24, 2.45) is 7.05 Å². The highest BCUT2D eigenvalue weighted by Gasteiger charge is 2.32. The largest absolute Gasteiger partial charge is 0.501 e. The van der Waals surface area contributed by atoms with Gasteiger partial charge < -0.3 is 10.4 Å². The van der Waals surface area contributed by atoms with Crippen LogP contribution in [0.4, 0.5) is 10.3 Å². The fourth-order valence-corrected chi connectivity index (χ4v) is 4.78. The summed E-state index contributed by atoms with van der Waals surface area (Å²) in [4.78, 5) is 28.9. The van der Waals surface area contributed by atoms with Crippen LogP contribution < -0.4 is 15.2 Å². The molecule has 0 radical (unpaired) electrons. The topological polar surface area (TPSA) is 128 Å². The first-order valence-electron chi connectivity index (χ1n) is 8.67. The van der Waals surface area contributed by atoms with E-state index >= 15 is 0 Å². The van der Waals surface area contributed by atoms with Gasteiger partial charge in [0.1, 0.15) is 5.82 Å². The summed E-state index contributed by atoms with van der Waals surface area (Å²) in [6.07, 6.45) is 1.26. The number of nitrogens with one attached hydrogen (secondary N) is 1. The minimum absolute atomic E-state index is 0.0522. The van der Waals surface area contributed by atoms with E-state index in [-0.39, 0.29) is 29.8 Å². The smallest absolute Gasteiger partial charge is 0.297 e. The summed E-state index contributed by atoms with van der Waals surface area (Å²) < 4.78 is 36.0. The van der Waals surface area contributed by atoms with Gasteiger partial charge in [-0.1, -0.05) is 17.7 Å². The zero-order valence-electron chi connectivity index (χ0n) is 15.4. The van der Waals surface area contributed by atoms with Crippen molar-refractivity contribution < 1.29 is 23.4 Å². The fraction of sp³-hybridized carbons (Fsp3) is 0.353. The summed E-state index contributed by atoms with van der Waals surface area (Å²) in [5.41, 5.74) is -0.943. The third kappa shape index (κ3) is 4.32. The van der Waals surface area contributed by atoms with Crippen molar-refractivity contribution >= 4 is 34.2 Å². The molecule has 29 heavy (non-hydrogen) atoms. The average Bonchev–Trinajstić information content (AvgIpc) is 2.67. The van der Waals surface area contributed by atoms with E-state index in [2.05, 4.69) is 10.3 Å². The Morgan fingerprint density at radius 2 is 2.10 bits per heavy atom. The van der Waals surface area contributed by atoms with E-state index in [1.165, 1.54) is 23.5 Å². The van der Waals surface area contributed by atoms with Gasteiger partial charge in [0, 0.05) is 20.1 Å². The molecule has 0 aliphatic carbocycles. The van der Waals surface area contributed by atoms with Crippen molar-refractivity contribution in [3.05, 3.63) is 50.7 Å². The van der Waals surface area contributed by atoms with Crippen LogP contribution in [0.3, 0.4) is 0 Å². The van der Waals surface area contributed by atoms with Gasteiger partial charge in [0.25, 0.3) is 11.5 Å². The molecular weight excluding hydrogens is 427 g/mol. The van der Waals surface area contributed by atoms with Crippen LogP contribution in [0.5, 0.6) is 5.75 Å². The van der Waals surface area contributed by atoms with E-state index < -0.39 is 39.5 Å². The van der Waals surface area contributed by atoms with E-state index in [9.17, 15) is 28.2 Å². The summed E-state index contributed by atoms with van der Waals surface area (Å²) in [7, 11) is -1.87. The second kappa shape index (κ2) is 8.19. The Morgan fingerprint density at radius 1 is 1.38 bits per heavy atom. The van der Waals surface area contributed by atoms with E-state index in [0.717, 1.165) is 10.6 Å². The first-order chi connectivity index (χ1) is 13.6. The van der Waals surface area contributed by atoms with Gasteiger partial charge in [0.15, 0.2) is 5.69 Å². The molecule has 1 aromatic heterocycles. The third-order valence-electron chi connectivity index (χ3n) is 4.50. The summed E-state index contributed by atoms with van der Waals surface area (Å²) >= 11 is 5.71. The van der Waals surface area contributed by atoms with Crippen LogP contribution in [0.1, 0.15) is 28.9 Å². The lowest BCUT2D eigenvalue weighted by molar-refractivity contribution is 0.0942. The van der Waals surface area contributed by atoms with Crippen LogP contribution in [0.2, 0.25) is 5.02 Å². The van der Waals surface area contributed by atoms with Gasteiger partial charge in [-0.05, 0) is 30.5 Å². The third-order valence-corrected chi connectivity index (χ3v) is 6.68. The van der Waals surface area contributed by atoms with E-state index in [1.807, 2.05) is 0 Å². The molecule has 158 valence electrons. The fourth-order valence-electron chi connectivity index (χ4n) is 2.91. The molecule has 1 saturated heterocycles. The van der Waals surface area contributed by atoms with E-state index in [1.54, 1.807) is 0 Å². The van der Waals surface area contributed by atoms with Gasteiger partial charge in [-0.25, -0.2) is 13.7 Å². The molecule has 0 unspecified atom stereocenters. The minimum atomic E-state index is -3.19. The number of amides is 1. The summed E-state index contributed by atoms with van der Waals surface area (Å²) in [5, 5.41) is 12.5. The highest BCUT2D eigenvalue weighted by atomic mass is 35.5. The van der Waals surface area contributed by atoms with Crippen LogP contribution in [0, 0.1) is 5.82 Å². The number of hydrogen-bond donors (Lipinski definition) is 4. The standard InChI is InChI=1S/C17H20ClFN4O5S/c1-22-16(26)14(24)13(21-17(22)23-6-2-3-7-29(23,27)28)15(25)20-9-10-4-5-12(19)11(18)8-10/h4-5,8,24,27-28H,2-3,6-7,9H2,1H3,(H,20,25). The van der Waals surface area contributed by atoms with Crippen LogP contribution in [-0.2, 0) is 13.6 Å². The number of carbonyl (C=O) groups excluding carboxylic acids is 1. The summed E-state index contributed by atoms with van der Waals surface area (Å²) in [6, 6.07) is 3.91. The highest BCUT2D eigenvalue weighted by Crippen LogP contribution is 2.48. The SMILES string of the molecule is Cn1c(N2CCCCS2(O)O)nc(C(=O)NCc2ccc(F)c(Cl)c2)c(O)c1=O. The van der Waals surface area contributed by atoms with Crippen LogP contribution in [-0.4, -0.2) is 42.0 Å². The molecule has 3 rings (SSSR count). The Morgan fingerprint density at radius 3 is 2.76 bits per heavy atom. The minimum Gasteiger partial charge on any atom is -0.501 e. The number of benzene rings is 1. The highest BCUT2D eigenvalue weighted by molar-refractivity contribution is 8.25. The molecule has 0 bridgehead atoms. The summed E-state index contributed by atoms with van der Waals surface area (Å²) in [5.74, 6) is -2.31. The molecule has 0 atom stereocenters. The van der Waals surface area contributed by atoms with Gasteiger partial charge >= 0.3 is 0 Å². The molecule has 1 aliphatic heterocycles. The molecule has 1 aliphatic rings. The number of hydrogen-bond acceptors (Lipinski definition) is 7. The molecule has 2 aromatic rings. The average molecular weight is 447 g/mol. The van der Waals surface area contributed by atoms with Gasteiger partial charge in [0.2, 0.25) is 11.7 Å². The Bertz CT molecular complexity index is 1020. The maximum Gasteiger partial charge on any atom is 0.297 e. The lowest BCUT2D eigenvalue weighted by Gasteiger charge is -2.46. The molecule has 0 saturated carbocycles. The van der Waals surface area contributed by atoms with Gasteiger partial charge in [0.05, 0.1) is 10.8 Å². The zero-order chi connectivity index (χ0) is 21.3. The van der Waals surface area contributed by atoms with Gasteiger partial charge in [-0.3, -0.25) is 23.3 Å². The number of aromatic nitrogens is 2. The monoisotopic (exact) mass is 446 g/mol. The normalized spacial score (nSPS) is 17.1. The second-order valence-electron chi connectivity index (χ2n) is 6.55. The van der Waals surface area contributed by atoms with E-state index in [0.29, 0.717) is 18.4 Å². The summed E-state index contributed by atoms with van der Waals surface area (Å²) in [6.45, 7) is 0.186. The number of halogens is 2. The van der Waals surface area contributed by atoms with Crippen LogP contribution in [0.15, 0.2) is 23.0 Å². The number of nitrogens with zero attached hydrogens (tertiary/aromatic N) is 3. The predicted molar refractivity (Wildman–Crippen MR) is 108 cm³/mol. The second-order valence-corrected chi connectivity index (χ2v) is 9.07. The molecule has 9 nitrogen and oxygen atoms in total. The van der Waals surface area contributed by atoms with Crippen molar-refractivity contribution in [3.8, 4) is 5.75 Å². The molecular formula is C17H20ClFN4O5S. The lowest BCUT2D eigenvalue weighted by atomic mass is 10.2. The van der Waals surface area contributed by atoms with Crippen molar-refractivity contribution in [1.29, 1.82) is 0 Å². The number of carbonyl (C=O) groups is 1. The maximum absolute atomic E-state index is 13.2. The first kappa shape index (κ1) is 21.4. The van der Waals surface area contributed by atoms with E-state index in [4.69, 9.17) is 11.6 Å². The quantitative estimate of drug-likeness (QED) is 0.568. The van der Waals surface area contributed by atoms with Crippen molar-refractivity contribution in [2.75, 3.05) is 16.6 Å². The predicted octanol–water partition coefficient (Wildman–Crippen LogP) is 2.47. The maximum atomic E-state index is 13.2. The Balaban J connectivity index is 1.90. The van der Waals surface area contributed by atoms with Crippen LogP contribution >= 0.6 is 22.4 Å². The van der Waals surface area contributed by atoms with Crippen molar-refractivity contribution in [3.63, 3.8) is 0 Å². The number of rotatable bonds is 4. The van der Waals surface area contributed by atoms with Gasteiger partial charge in [-0.15, -0.1) is 10.8 Å². The first-order valence-corrected chi connectivity index (χ1v) is 10.7. The Hall–Kier alpha value is -2.34. The Kier molecular flexibility index (Phi) is 6.03. The lowest BCUT2D eigenvalue weighted by Crippen LogP contribution is -2.39. The molecule has 4 N–H and O–H groups in total. The van der Waals surface area contributed by atoms with Crippen molar-refractivity contribution in [1.82, 2.24) is 14.9 Å². The molecule has 12 heteroatoms.